The van der Waals surface area contributed by atoms with Gasteiger partial charge in [0.15, 0.2) is 0 Å². The van der Waals surface area contributed by atoms with Gasteiger partial charge in [-0.25, -0.2) is 4.79 Å². The normalized spacial score (nSPS) is 29.6. The van der Waals surface area contributed by atoms with Gasteiger partial charge in [-0.3, -0.25) is 9.80 Å². The molecule has 8 rings (SSSR count). The Bertz CT molecular complexity index is 1810. The zero-order valence-electron chi connectivity index (χ0n) is 27.2. The molecule has 3 aliphatic heterocycles. The van der Waals surface area contributed by atoms with Crippen LogP contribution in [0, 0.1) is 13.8 Å². The van der Waals surface area contributed by atoms with Gasteiger partial charge in [0.25, 0.3) is 0 Å². The molecule has 4 aromatic rings. The predicted molar refractivity (Wildman–Crippen MR) is 181 cm³/mol. The zero-order valence-corrected chi connectivity index (χ0v) is 27.2. The first-order valence-electron chi connectivity index (χ1n) is 16.4. The second-order valence-corrected chi connectivity index (χ2v) is 14.2. The molecule has 3 heterocycles. The second kappa shape index (κ2) is 9.95. The molecule has 230 valence electrons. The number of aryl methyl sites for hydroxylation is 2. The molecule has 0 aromatic heterocycles. The third kappa shape index (κ3) is 3.86. The third-order valence-corrected chi connectivity index (χ3v) is 11.9. The van der Waals surface area contributed by atoms with Crippen molar-refractivity contribution in [1.82, 2.24) is 9.80 Å². The highest BCUT2D eigenvalue weighted by Crippen LogP contribution is 2.57. The van der Waals surface area contributed by atoms with E-state index in [2.05, 4.69) is 130 Å². The van der Waals surface area contributed by atoms with E-state index < -0.39 is 0 Å². The van der Waals surface area contributed by atoms with E-state index in [1.807, 2.05) is 4.90 Å². The van der Waals surface area contributed by atoms with Crippen molar-refractivity contribution in [3.8, 4) is 11.1 Å². The van der Waals surface area contributed by atoms with Crippen LogP contribution in [-0.4, -0.2) is 54.3 Å². The SMILES string of the molecule is COC(=O)N1[C@H](C)C[C@@]2(c3ccc(C)cc3)c3cc(-c4ccc5c(c4)[C@]4(c6ccc(C)cc6)C[C@@H](C)N(C)[C@@H]4C5)ccc3N[C@@H]12. The van der Waals surface area contributed by atoms with Gasteiger partial charge in [-0.1, -0.05) is 77.9 Å². The summed E-state index contributed by atoms with van der Waals surface area (Å²) in [5, 5.41) is 3.76. The van der Waals surface area contributed by atoms with Crippen molar-refractivity contribution in [2.75, 3.05) is 19.5 Å². The van der Waals surface area contributed by atoms with E-state index in [1.54, 1.807) is 0 Å². The maximum absolute atomic E-state index is 13.1. The molecule has 2 saturated heterocycles. The summed E-state index contributed by atoms with van der Waals surface area (Å²) >= 11 is 0. The number of amides is 1. The van der Waals surface area contributed by atoms with Crippen LogP contribution in [0.1, 0.15) is 65.6 Å². The van der Waals surface area contributed by atoms with Gasteiger partial charge in [-0.05, 0) is 111 Å². The summed E-state index contributed by atoms with van der Waals surface area (Å²) in [5.41, 5.74) is 12.6. The Morgan fingerprint density at radius 1 is 0.778 bits per heavy atom. The molecule has 0 radical (unpaired) electrons. The molecule has 1 amide bonds. The lowest BCUT2D eigenvalue weighted by molar-refractivity contribution is 0.107. The van der Waals surface area contributed by atoms with Crippen molar-refractivity contribution in [1.29, 1.82) is 0 Å². The smallest absolute Gasteiger partial charge is 0.411 e. The molecule has 0 saturated carbocycles. The van der Waals surface area contributed by atoms with Crippen LogP contribution < -0.4 is 5.32 Å². The molecule has 0 unspecified atom stereocenters. The molecule has 0 bridgehead atoms. The van der Waals surface area contributed by atoms with Gasteiger partial charge in [0.05, 0.1) is 12.5 Å². The maximum atomic E-state index is 13.1. The number of ether oxygens (including phenoxy) is 1. The van der Waals surface area contributed by atoms with Crippen molar-refractivity contribution >= 4 is 11.8 Å². The fourth-order valence-electron chi connectivity index (χ4n) is 9.54. The average Bonchev–Trinajstić information content (AvgIpc) is 3.71. The van der Waals surface area contributed by atoms with Crippen LogP contribution in [0.15, 0.2) is 84.9 Å². The number of carbonyl (C=O) groups excluding carboxylic acids is 1. The molecule has 45 heavy (non-hydrogen) atoms. The minimum absolute atomic E-state index is 0.0123. The number of hydrogen-bond acceptors (Lipinski definition) is 4. The Hall–Kier alpha value is -4.09. The first-order valence-corrected chi connectivity index (χ1v) is 16.4. The van der Waals surface area contributed by atoms with Crippen LogP contribution >= 0.6 is 0 Å². The van der Waals surface area contributed by atoms with Crippen LogP contribution in [0.4, 0.5) is 10.5 Å². The monoisotopic (exact) mass is 597 g/mol. The average molecular weight is 598 g/mol. The summed E-state index contributed by atoms with van der Waals surface area (Å²) in [4.78, 5) is 17.6. The molecule has 2 fully saturated rings. The summed E-state index contributed by atoms with van der Waals surface area (Å²) in [6.07, 6.45) is 2.53. The van der Waals surface area contributed by atoms with Gasteiger partial charge in [-0.2, -0.15) is 0 Å². The molecule has 4 aliphatic rings. The highest BCUT2D eigenvalue weighted by atomic mass is 16.5. The van der Waals surface area contributed by atoms with Gasteiger partial charge >= 0.3 is 6.09 Å². The molecular formula is C40H43N3O2. The number of anilines is 1. The van der Waals surface area contributed by atoms with E-state index in [-0.39, 0.29) is 29.1 Å². The summed E-state index contributed by atoms with van der Waals surface area (Å²) in [6.45, 7) is 8.82. The van der Waals surface area contributed by atoms with E-state index in [1.165, 1.54) is 57.2 Å². The lowest BCUT2D eigenvalue weighted by atomic mass is 9.71. The summed E-state index contributed by atoms with van der Waals surface area (Å²) < 4.78 is 5.29. The summed E-state index contributed by atoms with van der Waals surface area (Å²) in [7, 11) is 3.79. The van der Waals surface area contributed by atoms with Crippen molar-refractivity contribution < 1.29 is 9.53 Å². The number of nitrogens with one attached hydrogen (secondary N) is 1. The Morgan fingerprint density at radius 2 is 1.36 bits per heavy atom. The van der Waals surface area contributed by atoms with Gasteiger partial charge in [0, 0.05) is 29.2 Å². The third-order valence-electron chi connectivity index (χ3n) is 11.9. The highest BCUT2D eigenvalue weighted by Gasteiger charge is 2.59. The van der Waals surface area contributed by atoms with E-state index in [9.17, 15) is 4.79 Å². The number of likely N-dealkylation sites (tertiary alicyclic amines) is 2. The van der Waals surface area contributed by atoms with Crippen LogP contribution in [0.25, 0.3) is 11.1 Å². The zero-order chi connectivity index (χ0) is 31.2. The number of carbonyl (C=O) groups is 1. The van der Waals surface area contributed by atoms with Gasteiger partial charge in [-0.15, -0.1) is 0 Å². The number of hydrogen-bond donors (Lipinski definition) is 1. The fraction of sp³-hybridized carbons (Fsp3) is 0.375. The molecule has 1 N–H and O–H groups in total. The molecule has 0 spiro atoms. The number of methoxy groups -OCH3 is 1. The number of rotatable bonds is 3. The molecular weight excluding hydrogens is 554 g/mol. The quantitative estimate of drug-likeness (QED) is 0.262. The minimum atomic E-state index is -0.374. The predicted octanol–water partition coefficient (Wildman–Crippen LogP) is 7.80. The fourth-order valence-corrected chi connectivity index (χ4v) is 9.54. The highest BCUT2D eigenvalue weighted by molar-refractivity contribution is 5.79. The first-order chi connectivity index (χ1) is 21.7. The number of benzene rings is 4. The van der Waals surface area contributed by atoms with Crippen LogP contribution in [-0.2, 0) is 22.0 Å². The lowest BCUT2D eigenvalue weighted by Crippen LogP contribution is -2.48. The van der Waals surface area contributed by atoms with Crippen LogP contribution in [0.2, 0.25) is 0 Å². The molecule has 5 nitrogen and oxygen atoms in total. The van der Waals surface area contributed by atoms with Crippen molar-refractivity contribution in [3.05, 3.63) is 124 Å². The van der Waals surface area contributed by atoms with Crippen molar-refractivity contribution in [3.63, 3.8) is 0 Å². The Morgan fingerprint density at radius 3 is 2.00 bits per heavy atom. The molecule has 4 aromatic carbocycles. The van der Waals surface area contributed by atoms with E-state index in [0.717, 1.165) is 24.9 Å². The standard InChI is InChI=1S/C40H43N3O2/c1-24-7-14-31(15-8-24)39-22-26(3)42(5)36(39)21-30-12-11-28(19-33(30)39)29-13-18-35-34(20-29)40(32-16-9-25(2)10-17-32)23-27(4)43(37(40)41-35)38(44)45-6/h7-20,26-27,36-37,41H,21-23H2,1-6H3/t26-,27-,36-,37+,39-,40-/m1/s1. The van der Waals surface area contributed by atoms with E-state index in [4.69, 9.17) is 4.74 Å². The van der Waals surface area contributed by atoms with Crippen molar-refractivity contribution in [2.24, 2.45) is 0 Å². The van der Waals surface area contributed by atoms with Crippen LogP contribution in [0.3, 0.4) is 0 Å². The second-order valence-electron chi connectivity index (χ2n) is 14.2. The Labute approximate surface area is 267 Å². The summed E-state index contributed by atoms with van der Waals surface area (Å²) in [5.74, 6) is 0. The number of likely N-dealkylation sites (N-methyl/N-ethyl adjacent to an activating group) is 1. The summed E-state index contributed by atoms with van der Waals surface area (Å²) in [6, 6.07) is 33.3. The molecule has 1 aliphatic carbocycles. The maximum Gasteiger partial charge on any atom is 0.411 e. The molecule has 5 heteroatoms. The number of fused-ring (bicyclic) bond motifs is 6. The largest absolute Gasteiger partial charge is 0.453 e. The van der Waals surface area contributed by atoms with E-state index in [0.29, 0.717) is 12.1 Å². The minimum Gasteiger partial charge on any atom is -0.453 e. The van der Waals surface area contributed by atoms with Gasteiger partial charge in [0.2, 0.25) is 0 Å². The van der Waals surface area contributed by atoms with Gasteiger partial charge < -0.3 is 10.1 Å². The lowest BCUT2D eigenvalue weighted by Gasteiger charge is -2.33. The first kappa shape index (κ1) is 28.4. The van der Waals surface area contributed by atoms with Crippen molar-refractivity contribution in [2.45, 2.75) is 82.1 Å². The van der Waals surface area contributed by atoms with E-state index >= 15 is 0 Å². The molecule has 6 atom stereocenters. The number of nitrogens with zero attached hydrogens (tertiary/aromatic N) is 2. The Kier molecular flexibility index (Phi) is 6.28. The Balaban J connectivity index is 1.27. The topological polar surface area (TPSA) is 44.8 Å². The van der Waals surface area contributed by atoms with Crippen LogP contribution in [0.5, 0.6) is 0 Å². The van der Waals surface area contributed by atoms with Gasteiger partial charge in [0.1, 0.15) is 6.17 Å².